The van der Waals surface area contributed by atoms with Crippen molar-refractivity contribution in [2.24, 2.45) is 0 Å². The van der Waals surface area contributed by atoms with Gasteiger partial charge in [-0.1, -0.05) is 140 Å². The highest BCUT2D eigenvalue weighted by molar-refractivity contribution is 6.20. The Kier molecular flexibility index (Phi) is 7.14. The van der Waals surface area contributed by atoms with Crippen molar-refractivity contribution in [3.05, 3.63) is 194 Å². The number of rotatable bonds is 6. The van der Waals surface area contributed by atoms with Crippen molar-refractivity contribution < 1.29 is 8.83 Å². The summed E-state index contributed by atoms with van der Waals surface area (Å²) in [6, 6.07) is 68.1. The number of benzene rings is 9. The molecule has 9 aromatic carbocycles. The Labute approximate surface area is 317 Å². The quantitative estimate of drug-likeness (QED) is 0.162. The van der Waals surface area contributed by atoms with Crippen molar-refractivity contribution in [1.29, 1.82) is 0 Å². The minimum absolute atomic E-state index is 0.582. The van der Waals surface area contributed by atoms with E-state index in [0.717, 1.165) is 77.9 Å². The standard InChI is InChI=1S/C51H32N2O2/c1-3-13-33(14-4-1)41-19-9-11-21-45(41)53(39-30-27-35-24-23-34-15-7-8-18-40(34)43(35)31-39)38-28-25-36(26-29-38)44-32-47-48(42-20-10-12-22-46(42)54-47)49-50(44)55-51(52-49)37-16-5-2-6-17-37/h1-32H. The van der Waals surface area contributed by atoms with Gasteiger partial charge in [-0.15, -0.1) is 0 Å². The lowest BCUT2D eigenvalue weighted by molar-refractivity contribution is 0.620. The first-order valence-corrected chi connectivity index (χ1v) is 18.5. The molecule has 0 N–H and O–H groups in total. The summed E-state index contributed by atoms with van der Waals surface area (Å²) >= 11 is 0. The van der Waals surface area contributed by atoms with Crippen LogP contribution in [-0.4, -0.2) is 4.98 Å². The Bertz CT molecular complexity index is 3200. The molecule has 0 amide bonds. The molecule has 55 heavy (non-hydrogen) atoms. The van der Waals surface area contributed by atoms with Crippen LogP contribution in [0.3, 0.4) is 0 Å². The van der Waals surface area contributed by atoms with Crippen LogP contribution in [0.25, 0.3) is 88.3 Å². The monoisotopic (exact) mass is 704 g/mol. The molecule has 11 rings (SSSR count). The van der Waals surface area contributed by atoms with E-state index in [-0.39, 0.29) is 0 Å². The molecule has 11 aromatic rings. The van der Waals surface area contributed by atoms with Gasteiger partial charge in [0.15, 0.2) is 5.58 Å². The number of para-hydroxylation sites is 2. The summed E-state index contributed by atoms with van der Waals surface area (Å²) in [7, 11) is 0. The number of nitrogens with zero attached hydrogens (tertiary/aromatic N) is 2. The highest BCUT2D eigenvalue weighted by atomic mass is 16.4. The molecule has 0 atom stereocenters. The third kappa shape index (κ3) is 5.19. The molecule has 0 saturated carbocycles. The first kappa shape index (κ1) is 31.1. The summed E-state index contributed by atoms with van der Waals surface area (Å²) in [6.07, 6.45) is 0. The van der Waals surface area contributed by atoms with Crippen LogP contribution in [-0.2, 0) is 0 Å². The topological polar surface area (TPSA) is 42.4 Å². The van der Waals surface area contributed by atoms with Crippen LogP contribution in [0.1, 0.15) is 0 Å². The second-order valence-corrected chi connectivity index (χ2v) is 13.9. The zero-order valence-electron chi connectivity index (χ0n) is 29.7. The van der Waals surface area contributed by atoms with Crippen molar-refractivity contribution in [2.75, 3.05) is 4.90 Å². The summed E-state index contributed by atoms with van der Waals surface area (Å²) in [5.74, 6) is 0.582. The van der Waals surface area contributed by atoms with Gasteiger partial charge in [-0.25, -0.2) is 4.98 Å². The van der Waals surface area contributed by atoms with Crippen LogP contribution in [0, 0.1) is 0 Å². The van der Waals surface area contributed by atoms with E-state index in [0.29, 0.717) is 5.89 Å². The zero-order valence-corrected chi connectivity index (χ0v) is 29.7. The van der Waals surface area contributed by atoms with E-state index in [1.54, 1.807) is 0 Å². The maximum absolute atomic E-state index is 6.66. The molecule has 0 unspecified atom stereocenters. The van der Waals surface area contributed by atoms with Crippen molar-refractivity contribution in [3.63, 3.8) is 0 Å². The largest absolute Gasteiger partial charge is 0.456 e. The number of anilines is 3. The molecule has 258 valence electrons. The van der Waals surface area contributed by atoms with E-state index in [9.17, 15) is 0 Å². The van der Waals surface area contributed by atoms with Gasteiger partial charge >= 0.3 is 0 Å². The molecule has 4 heteroatoms. The lowest BCUT2D eigenvalue weighted by Gasteiger charge is -2.28. The van der Waals surface area contributed by atoms with E-state index in [2.05, 4.69) is 150 Å². The Hall–Kier alpha value is -7.43. The maximum atomic E-state index is 6.66. The van der Waals surface area contributed by atoms with Gasteiger partial charge in [0.25, 0.3) is 0 Å². The van der Waals surface area contributed by atoms with E-state index >= 15 is 0 Å². The third-order valence-corrected chi connectivity index (χ3v) is 10.7. The van der Waals surface area contributed by atoms with Gasteiger partial charge in [0.05, 0.1) is 11.1 Å². The van der Waals surface area contributed by atoms with Crippen LogP contribution in [0.2, 0.25) is 0 Å². The van der Waals surface area contributed by atoms with Gasteiger partial charge in [0.1, 0.15) is 16.7 Å². The Morgan fingerprint density at radius 1 is 0.400 bits per heavy atom. The molecule has 0 aliphatic carbocycles. The molecule has 2 aromatic heterocycles. The lowest BCUT2D eigenvalue weighted by Crippen LogP contribution is -2.11. The van der Waals surface area contributed by atoms with Crippen LogP contribution >= 0.6 is 0 Å². The molecule has 0 aliphatic heterocycles. The first-order chi connectivity index (χ1) is 27.3. The van der Waals surface area contributed by atoms with Crippen LogP contribution in [0.4, 0.5) is 17.1 Å². The van der Waals surface area contributed by atoms with Crippen LogP contribution < -0.4 is 4.90 Å². The second kappa shape index (κ2) is 12.6. The van der Waals surface area contributed by atoms with Gasteiger partial charge in [0.2, 0.25) is 5.89 Å². The fourth-order valence-corrected chi connectivity index (χ4v) is 8.07. The number of furan rings is 1. The normalized spacial score (nSPS) is 11.6. The third-order valence-electron chi connectivity index (χ3n) is 10.7. The fraction of sp³-hybridized carbons (Fsp3) is 0. The average Bonchev–Trinajstić information content (AvgIpc) is 3.87. The first-order valence-electron chi connectivity index (χ1n) is 18.5. The average molecular weight is 705 g/mol. The van der Waals surface area contributed by atoms with Crippen molar-refractivity contribution in [1.82, 2.24) is 4.98 Å². The number of fused-ring (bicyclic) bond motifs is 8. The Balaban J connectivity index is 1.11. The maximum Gasteiger partial charge on any atom is 0.227 e. The minimum atomic E-state index is 0.582. The number of hydrogen-bond donors (Lipinski definition) is 0. The highest BCUT2D eigenvalue weighted by Gasteiger charge is 2.22. The van der Waals surface area contributed by atoms with Crippen molar-refractivity contribution in [2.45, 2.75) is 0 Å². The Morgan fingerprint density at radius 2 is 1.02 bits per heavy atom. The molecular formula is C51H32N2O2. The summed E-state index contributed by atoms with van der Waals surface area (Å²) < 4.78 is 13.1. The second-order valence-electron chi connectivity index (χ2n) is 13.9. The van der Waals surface area contributed by atoms with Crippen molar-refractivity contribution >= 4 is 71.6 Å². The molecule has 2 heterocycles. The van der Waals surface area contributed by atoms with Gasteiger partial charge < -0.3 is 13.7 Å². The fourth-order valence-electron chi connectivity index (χ4n) is 8.07. The molecule has 0 saturated heterocycles. The molecule has 0 aliphatic rings. The van der Waals surface area contributed by atoms with E-state index in [1.807, 2.05) is 48.5 Å². The Morgan fingerprint density at radius 3 is 1.84 bits per heavy atom. The zero-order chi connectivity index (χ0) is 36.3. The molecule has 0 fully saturated rings. The molecule has 4 nitrogen and oxygen atoms in total. The van der Waals surface area contributed by atoms with Gasteiger partial charge in [-0.2, -0.15) is 0 Å². The van der Waals surface area contributed by atoms with Crippen LogP contribution in [0.5, 0.6) is 0 Å². The predicted octanol–water partition coefficient (Wildman–Crippen LogP) is 14.5. The number of oxazole rings is 1. The van der Waals surface area contributed by atoms with Gasteiger partial charge in [0, 0.05) is 33.5 Å². The van der Waals surface area contributed by atoms with Crippen molar-refractivity contribution in [3.8, 4) is 33.7 Å². The summed E-state index contributed by atoms with van der Waals surface area (Å²) in [4.78, 5) is 7.46. The summed E-state index contributed by atoms with van der Waals surface area (Å²) in [6.45, 7) is 0. The molecule has 0 bridgehead atoms. The van der Waals surface area contributed by atoms with E-state index in [4.69, 9.17) is 13.8 Å². The SMILES string of the molecule is c1ccc(-c2nc3c(o2)c(-c2ccc(N(c4ccc5ccc6ccccc6c5c4)c4ccccc4-c4ccccc4)cc2)cc2oc4ccccc4c23)cc1. The van der Waals surface area contributed by atoms with Crippen LogP contribution in [0.15, 0.2) is 203 Å². The summed E-state index contributed by atoms with van der Waals surface area (Å²) in [5, 5.41) is 6.87. The minimum Gasteiger partial charge on any atom is -0.456 e. The highest BCUT2D eigenvalue weighted by Crippen LogP contribution is 2.45. The number of hydrogen-bond acceptors (Lipinski definition) is 4. The van der Waals surface area contributed by atoms with Gasteiger partial charge in [-0.3, -0.25) is 0 Å². The molecule has 0 spiro atoms. The van der Waals surface area contributed by atoms with Gasteiger partial charge in [-0.05, 0) is 87.3 Å². The predicted molar refractivity (Wildman–Crippen MR) is 227 cm³/mol. The number of aromatic nitrogens is 1. The van der Waals surface area contributed by atoms with E-state index < -0.39 is 0 Å². The van der Waals surface area contributed by atoms with E-state index in [1.165, 1.54) is 21.5 Å². The lowest BCUT2D eigenvalue weighted by atomic mass is 9.98. The summed E-state index contributed by atoms with van der Waals surface area (Å²) in [5.41, 5.74) is 11.5. The molecule has 0 radical (unpaired) electrons. The molecular weight excluding hydrogens is 673 g/mol. The smallest absolute Gasteiger partial charge is 0.227 e.